The van der Waals surface area contributed by atoms with E-state index >= 15 is 0 Å². The molecule has 7 nitrogen and oxygen atoms in total. The number of rotatable bonds is 5. The van der Waals surface area contributed by atoms with Crippen LogP contribution in [0.2, 0.25) is 0 Å². The number of carbonyl (C=O) groups is 3. The molecule has 2 amide bonds. The number of carboxylic acids is 1. The van der Waals surface area contributed by atoms with Gasteiger partial charge in [0.05, 0.1) is 19.1 Å². The zero-order chi connectivity index (χ0) is 17.9. The van der Waals surface area contributed by atoms with E-state index in [4.69, 9.17) is 9.84 Å². The fourth-order valence-electron chi connectivity index (χ4n) is 3.12. The van der Waals surface area contributed by atoms with E-state index in [1.54, 1.807) is 31.2 Å². The molecule has 1 aliphatic rings. The molecule has 1 aromatic carbocycles. The molecule has 1 fully saturated rings. The van der Waals surface area contributed by atoms with Crippen molar-refractivity contribution in [2.75, 3.05) is 27.7 Å². The van der Waals surface area contributed by atoms with Crippen molar-refractivity contribution in [2.45, 2.75) is 18.9 Å². The maximum atomic E-state index is 12.7. The van der Waals surface area contributed by atoms with Crippen molar-refractivity contribution in [1.29, 1.82) is 0 Å². The van der Waals surface area contributed by atoms with Crippen LogP contribution in [0.3, 0.4) is 0 Å². The van der Waals surface area contributed by atoms with Crippen LogP contribution in [0.15, 0.2) is 24.3 Å². The Labute approximate surface area is 140 Å². The standard InChI is InChI=1S/C17H22N2O5/c1-18(10-15(21)22)17(23)13-8-9-14(20)19(2)16(13)11-4-6-12(24-3)7-5-11/h4-7,13,16H,8-10H2,1-3H3,(H,21,22). The minimum atomic E-state index is -1.06. The number of benzene rings is 1. The summed E-state index contributed by atoms with van der Waals surface area (Å²) < 4.78 is 5.14. The number of ether oxygens (including phenoxy) is 1. The van der Waals surface area contributed by atoms with Crippen LogP contribution in [0.5, 0.6) is 5.75 Å². The lowest BCUT2D eigenvalue weighted by atomic mass is 9.83. The van der Waals surface area contributed by atoms with Gasteiger partial charge in [0.25, 0.3) is 0 Å². The second-order valence-corrected chi connectivity index (χ2v) is 5.96. The highest BCUT2D eigenvalue weighted by molar-refractivity contribution is 5.86. The minimum Gasteiger partial charge on any atom is -0.497 e. The largest absolute Gasteiger partial charge is 0.497 e. The Morgan fingerprint density at radius 2 is 1.96 bits per heavy atom. The van der Waals surface area contributed by atoms with Crippen molar-refractivity contribution in [1.82, 2.24) is 9.80 Å². The molecule has 1 N–H and O–H groups in total. The number of piperidine rings is 1. The molecule has 1 saturated heterocycles. The van der Waals surface area contributed by atoms with Gasteiger partial charge in [0.15, 0.2) is 0 Å². The van der Waals surface area contributed by atoms with Gasteiger partial charge in [-0.05, 0) is 24.1 Å². The SMILES string of the molecule is COc1ccc(C2C(C(=O)N(C)CC(=O)O)CCC(=O)N2C)cc1. The van der Waals surface area contributed by atoms with E-state index in [1.165, 1.54) is 11.9 Å². The molecular formula is C17H22N2O5. The minimum absolute atomic E-state index is 0.0271. The number of amides is 2. The highest BCUT2D eigenvalue weighted by Gasteiger charge is 2.40. The number of likely N-dealkylation sites (N-methyl/N-ethyl adjacent to an activating group) is 1. The molecule has 130 valence electrons. The zero-order valence-corrected chi connectivity index (χ0v) is 14.1. The summed E-state index contributed by atoms with van der Waals surface area (Å²) in [7, 11) is 4.71. The number of likely N-dealkylation sites (tertiary alicyclic amines) is 1. The monoisotopic (exact) mass is 334 g/mol. The Morgan fingerprint density at radius 3 is 2.50 bits per heavy atom. The first-order valence-corrected chi connectivity index (χ1v) is 7.71. The molecular weight excluding hydrogens is 312 g/mol. The predicted octanol–water partition coefficient (Wildman–Crippen LogP) is 1.15. The average Bonchev–Trinajstić information content (AvgIpc) is 2.56. The molecule has 0 aromatic heterocycles. The number of carbonyl (C=O) groups excluding carboxylic acids is 2. The van der Waals surface area contributed by atoms with Crippen LogP contribution in [0.25, 0.3) is 0 Å². The van der Waals surface area contributed by atoms with Crippen molar-refractivity contribution < 1.29 is 24.2 Å². The zero-order valence-electron chi connectivity index (χ0n) is 14.1. The van der Waals surface area contributed by atoms with E-state index in [9.17, 15) is 14.4 Å². The van der Waals surface area contributed by atoms with Crippen molar-refractivity contribution >= 4 is 17.8 Å². The van der Waals surface area contributed by atoms with E-state index in [0.29, 0.717) is 12.2 Å². The first kappa shape index (κ1) is 17.8. The van der Waals surface area contributed by atoms with Crippen LogP contribution in [0.1, 0.15) is 24.4 Å². The van der Waals surface area contributed by atoms with Crippen molar-refractivity contribution in [3.8, 4) is 5.75 Å². The Morgan fingerprint density at radius 1 is 1.33 bits per heavy atom. The fourth-order valence-corrected chi connectivity index (χ4v) is 3.12. The van der Waals surface area contributed by atoms with Crippen LogP contribution >= 0.6 is 0 Å². The highest BCUT2D eigenvalue weighted by Crippen LogP contribution is 2.37. The summed E-state index contributed by atoms with van der Waals surface area (Å²) in [5.41, 5.74) is 0.827. The Balaban J connectivity index is 2.31. The molecule has 1 heterocycles. The van der Waals surface area contributed by atoms with Gasteiger partial charge in [0.2, 0.25) is 11.8 Å². The first-order valence-electron chi connectivity index (χ1n) is 7.71. The summed E-state index contributed by atoms with van der Waals surface area (Å²) in [4.78, 5) is 38.4. The Hall–Kier alpha value is -2.57. The molecule has 0 spiro atoms. The van der Waals surface area contributed by atoms with Gasteiger partial charge in [0.1, 0.15) is 12.3 Å². The molecule has 0 radical (unpaired) electrons. The molecule has 7 heteroatoms. The van der Waals surface area contributed by atoms with Gasteiger partial charge in [-0.3, -0.25) is 14.4 Å². The number of aliphatic carboxylic acids is 1. The van der Waals surface area contributed by atoms with Crippen LogP contribution in [0, 0.1) is 5.92 Å². The lowest BCUT2D eigenvalue weighted by Gasteiger charge is -2.39. The van der Waals surface area contributed by atoms with Crippen molar-refractivity contribution in [2.24, 2.45) is 5.92 Å². The molecule has 2 atom stereocenters. The fraction of sp³-hybridized carbons (Fsp3) is 0.471. The van der Waals surface area contributed by atoms with Gasteiger partial charge in [-0.25, -0.2) is 0 Å². The van der Waals surface area contributed by atoms with Crippen molar-refractivity contribution in [3.05, 3.63) is 29.8 Å². The molecule has 24 heavy (non-hydrogen) atoms. The van der Waals surface area contributed by atoms with Gasteiger partial charge in [-0.1, -0.05) is 12.1 Å². The molecule has 1 aromatic rings. The number of hydrogen-bond acceptors (Lipinski definition) is 4. The maximum absolute atomic E-state index is 12.7. The summed E-state index contributed by atoms with van der Waals surface area (Å²) in [6.45, 7) is -0.359. The topological polar surface area (TPSA) is 87.1 Å². The Bertz CT molecular complexity index is 628. The average molecular weight is 334 g/mol. The third-order valence-electron chi connectivity index (χ3n) is 4.38. The van der Waals surface area contributed by atoms with E-state index in [-0.39, 0.29) is 24.8 Å². The van der Waals surface area contributed by atoms with E-state index < -0.39 is 17.9 Å². The normalized spacial score (nSPS) is 20.6. The lowest BCUT2D eigenvalue weighted by Crippen LogP contribution is -2.47. The van der Waals surface area contributed by atoms with Gasteiger partial charge >= 0.3 is 5.97 Å². The summed E-state index contributed by atoms with van der Waals surface area (Å²) in [6.07, 6.45) is 0.684. The molecule has 0 saturated carbocycles. The Kier molecular flexibility index (Phi) is 5.43. The van der Waals surface area contributed by atoms with Crippen LogP contribution < -0.4 is 4.74 Å². The number of hydrogen-bond donors (Lipinski definition) is 1. The van der Waals surface area contributed by atoms with Crippen LogP contribution in [-0.4, -0.2) is 60.4 Å². The van der Waals surface area contributed by atoms with E-state index in [1.807, 2.05) is 12.1 Å². The van der Waals surface area contributed by atoms with E-state index in [2.05, 4.69) is 0 Å². The summed E-state index contributed by atoms with van der Waals surface area (Å²) in [6, 6.07) is 6.81. The number of nitrogens with zero attached hydrogens (tertiary/aromatic N) is 2. The summed E-state index contributed by atoms with van der Waals surface area (Å²) in [5.74, 6) is -1.13. The van der Waals surface area contributed by atoms with Gasteiger partial charge in [-0.2, -0.15) is 0 Å². The number of carboxylic acid groups (broad SMARTS) is 1. The molecule has 0 aliphatic carbocycles. The maximum Gasteiger partial charge on any atom is 0.323 e. The van der Waals surface area contributed by atoms with Crippen LogP contribution in [0.4, 0.5) is 0 Å². The second kappa shape index (κ2) is 7.33. The van der Waals surface area contributed by atoms with Gasteiger partial charge in [-0.15, -0.1) is 0 Å². The quantitative estimate of drug-likeness (QED) is 0.873. The number of methoxy groups -OCH3 is 1. The predicted molar refractivity (Wildman–Crippen MR) is 86.5 cm³/mol. The van der Waals surface area contributed by atoms with Crippen molar-refractivity contribution in [3.63, 3.8) is 0 Å². The highest BCUT2D eigenvalue weighted by atomic mass is 16.5. The molecule has 0 bridgehead atoms. The molecule has 2 unspecified atom stereocenters. The van der Waals surface area contributed by atoms with Crippen LogP contribution in [-0.2, 0) is 14.4 Å². The van der Waals surface area contributed by atoms with Gasteiger partial charge < -0.3 is 19.6 Å². The third kappa shape index (κ3) is 3.67. The van der Waals surface area contributed by atoms with Gasteiger partial charge in [0, 0.05) is 20.5 Å². The molecule has 1 aliphatic heterocycles. The molecule has 2 rings (SSSR count). The smallest absolute Gasteiger partial charge is 0.323 e. The first-order chi connectivity index (χ1) is 11.3. The third-order valence-corrected chi connectivity index (χ3v) is 4.38. The summed E-state index contributed by atoms with van der Waals surface area (Å²) >= 11 is 0. The lowest BCUT2D eigenvalue weighted by molar-refractivity contribution is -0.150. The summed E-state index contributed by atoms with van der Waals surface area (Å²) in [5, 5.41) is 8.89. The van der Waals surface area contributed by atoms with E-state index in [0.717, 1.165) is 5.56 Å². The second-order valence-electron chi connectivity index (χ2n) is 5.96.